The number of benzene rings is 1. The van der Waals surface area contributed by atoms with Gasteiger partial charge in [-0.15, -0.1) is 11.8 Å². The number of carbonyl (C=O) groups is 1. The molecule has 0 N–H and O–H groups in total. The number of nitrogens with zero attached hydrogens (tertiary/aromatic N) is 1. The van der Waals surface area contributed by atoms with Gasteiger partial charge in [0, 0.05) is 42.9 Å². The first kappa shape index (κ1) is 24.8. The number of cyclic esters (lactones) is 1. The molecule has 8 heteroatoms. The zero-order valence-electron chi connectivity index (χ0n) is 23.2. The van der Waals surface area contributed by atoms with E-state index in [-0.39, 0.29) is 30.7 Å². The molecule has 0 radical (unpaired) electrons. The third kappa shape index (κ3) is 3.68. The molecule has 2 bridgehead atoms. The Morgan fingerprint density at radius 3 is 2.54 bits per heavy atom. The van der Waals surface area contributed by atoms with Crippen molar-refractivity contribution in [3.8, 4) is 5.75 Å². The first-order chi connectivity index (χ1) is 17.4. The van der Waals surface area contributed by atoms with Gasteiger partial charge in [-0.25, -0.2) is 4.79 Å². The van der Waals surface area contributed by atoms with Crippen LogP contribution in [0.2, 0.25) is 5.82 Å². The predicted octanol–water partition coefficient (Wildman–Crippen LogP) is 5.60. The minimum Gasteiger partial charge on any atom is -0.452 e. The molecule has 3 aliphatic heterocycles. The molecule has 200 valence electrons. The Kier molecular flexibility index (Phi) is 5.31. The third-order valence-corrected chi connectivity index (χ3v) is 12.0. The van der Waals surface area contributed by atoms with Crippen LogP contribution in [0.4, 0.5) is 0 Å². The summed E-state index contributed by atoms with van der Waals surface area (Å²) in [5, 5.41) is 0.419. The zero-order valence-corrected chi connectivity index (χ0v) is 24.0. The van der Waals surface area contributed by atoms with Crippen molar-refractivity contribution in [3.05, 3.63) is 23.3 Å². The smallest absolute Gasteiger partial charge is 0.452 e. The highest BCUT2D eigenvalue weighted by Gasteiger charge is 2.70. The van der Waals surface area contributed by atoms with Gasteiger partial charge in [0.1, 0.15) is 11.3 Å². The summed E-state index contributed by atoms with van der Waals surface area (Å²) >= 11 is 1.78. The number of ether oxygens (including phenoxy) is 2. The zero-order chi connectivity index (χ0) is 26.1. The first-order valence-electron chi connectivity index (χ1n) is 14.1. The van der Waals surface area contributed by atoms with E-state index in [9.17, 15) is 4.79 Å². The normalized spacial score (nSPS) is 40.0. The lowest BCUT2D eigenvalue weighted by atomic mass is 9.43. The molecular formula is C29H40BNO5S. The molecule has 7 atom stereocenters. The predicted molar refractivity (Wildman–Crippen MR) is 144 cm³/mol. The second-order valence-corrected chi connectivity index (χ2v) is 15.3. The van der Waals surface area contributed by atoms with Gasteiger partial charge in [0.25, 0.3) is 0 Å². The fourth-order valence-electron chi connectivity index (χ4n) is 8.11. The highest BCUT2D eigenvalue weighted by molar-refractivity contribution is 8.00. The number of fused-ring (bicyclic) bond motifs is 1. The third-order valence-electron chi connectivity index (χ3n) is 10.7. The monoisotopic (exact) mass is 525 g/mol. The molecule has 4 aliphatic carbocycles. The van der Waals surface area contributed by atoms with E-state index in [0.717, 1.165) is 42.3 Å². The van der Waals surface area contributed by atoms with E-state index in [1.54, 1.807) is 11.8 Å². The molecule has 4 saturated carbocycles. The molecule has 0 aromatic heterocycles. The highest BCUT2D eigenvalue weighted by atomic mass is 32.2. The topological polar surface area (TPSA) is 57.2 Å². The number of hydrogen-bond acceptors (Lipinski definition) is 7. The molecule has 0 amide bonds. The van der Waals surface area contributed by atoms with Crippen molar-refractivity contribution < 1.29 is 23.6 Å². The van der Waals surface area contributed by atoms with Crippen LogP contribution in [0.15, 0.2) is 17.0 Å². The number of hydrogen-bond donors (Lipinski definition) is 0. The van der Waals surface area contributed by atoms with Crippen LogP contribution in [-0.4, -0.2) is 60.9 Å². The van der Waals surface area contributed by atoms with Crippen molar-refractivity contribution in [1.82, 2.24) is 4.90 Å². The molecule has 7 aliphatic rings. The van der Waals surface area contributed by atoms with Crippen LogP contribution in [0.5, 0.6) is 5.75 Å². The van der Waals surface area contributed by atoms with Gasteiger partial charge in [0.15, 0.2) is 0 Å². The van der Waals surface area contributed by atoms with Gasteiger partial charge < -0.3 is 23.7 Å². The lowest BCUT2D eigenvalue weighted by Gasteiger charge is -2.64. The van der Waals surface area contributed by atoms with Crippen LogP contribution in [-0.2, 0) is 14.0 Å². The SMILES string of the molecule is C[C@@H](Sc1ccc([C@@H]2C[C@@H]2B2O[C@H]3C[C@H]4C[C@H](C4(C)C)[C@]3(C)O2)c2c1C(=O)OC(C)(C)O2)C1CN(C)C1. The molecule has 8 rings (SSSR count). The van der Waals surface area contributed by atoms with Gasteiger partial charge in [-0.05, 0) is 74.0 Å². The number of carbonyl (C=O) groups excluding carboxylic acids is 1. The Bertz CT molecular complexity index is 1150. The average Bonchev–Trinajstić information content (AvgIpc) is 3.48. The average molecular weight is 526 g/mol. The van der Waals surface area contributed by atoms with Gasteiger partial charge in [-0.3, -0.25) is 0 Å². The molecule has 1 aromatic rings. The second kappa shape index (κ2) is 7.92. The van der Waals surface area contributed by atoms with Crippen molar-refractivity contribution in [2.45, 2.75) is 100 Å². The number of rotatable bonds is 5. The summed E-state index contributed by atoms with van der Waals surface area (Å²) in [5.74, 6) is 1.95. The molecule has 37 heavy (non-hydrogen) atoms. The van der Waals surface area contributed by atoms with E-state index in [4.69, 9.17) is 18.8 Å². The molecule has 1 aromatic carbocycles. The largest absolute Gasteiger partial charge is 0.461 e. The molecule has 6 fully saturated rings. The van der Waals surface area contributed by atoms with Crippen molar-refractivity contribution in [2.75, 3.05) is 20.1 Å². The minimum absolute atomic E-state index is 0.181. The van der Waals surface area contributed by atoms with Crippen LogP contribution in [0.3, 0.4) is 0 Å². The fourth-order valence-corrected chi connectivity index (χ4v) is 9.32. The van der Waals surface area contributed by atoms with Crippen molar-refractivity contribution in [3.63, 3.8) is 0 Å². The summed E-state index contributed by atoms with van der Waals surface area (Å²) in [7, 11) is 1.97. The maximum Gasteiger partial charge on any atom is 0.461 e. The summed E-state index contributed by atoms with van der Waals surface area (Å²) in [4.78, 5) is 16.6. The van der Waals surface area contributed by atoms with Gasteiger partial charge in [-0.2, -0.15) is 0 Å². The summed E-state index contributed by atoms with van der Waals surface area (Å²) in [6, 6.07) is 4.30. The van der Waals surface area contributed by atoms with Crippen LogP contribution in [0, 0.1) is 23.2 Å². The van der Waals surface area contributed by atoms with E-state index >= 15 is 0 Å². The summed E-state index contributed by atoms with van der Waals surface area (Å²) in [6.07, 6.45) is 3.55. The van der Waals surface area contributed by atoms with E-state index < -0.39 is 5.79 Å². The van der Waals surface area contributed by atoms with Crippen molar-refractivity contribution >= 4 is 24.8 Å². The highest BCUT2D eigenvalue weighted by Crippen LogP contribution is 2.68. The van der Waals surface area contributed by atoms with Gasteiger partial charge in [-0.1, -0.05) is 26.8 Å². The molecule has 3 heterocycles. The molecule has 6 nitrogen and oxygen atoms in total. The van der Waals surface area contributed by atoms with Gasteiger partial charge >= 0.3 is 13.1 Å². The van der Waals surface area contributed by atoms with E-state index in [0.29, 0.717) is 39.6 Å². The quantitative estimate of drug-likeness (QED) is 0.282. The lowest BCUT2D eigenvalue weighted by molar-refractivity contribution is -0.199. The van der Waals surface area contributed by atoms with E-state index in [1.165, 1.54) is 6.42 Å². The van der Waals surface area contributed by atoms with E-state index in [2.05, 4.69) is 51.8 Å². The standard InChI is InChI=1S/C29H40BNO5S/c1-15(16-13-31(7)14-16)37-21-9-8-18(25-24(21)26(32)34-28(4,5)33-25)19-12-20(19)30-35-23-11-17-10-22(27(17,2)3)29(23,6)36-30/h8-9,15-17,19-20,22-23H,10-14H2,1-7H3/t15-,17-,19+,20+,22-,23+,29+/m1/s1. The van der Waals surface area contributed by atoms with Crippen LogP contribution in [0.25, 0.3) is 0 Å². The first-order valence-corrected chi connectivity index (χ1v) is 15.0. The number of esters is 1. The van der Waals surface area contributed by atoms with Gasteiger partial charge in [0.2, 0.25) is 5.79 Å². The summed E-state index contributed by atoms with van der Waals surface area (Å²) in [5.41, 5.74) is 1.85. The second-order valence-electron chi connectivity index (χ2n) is 13.9. The molecule has 0 unspecified atom stereocenters. The Balaban J connectivity index is 1.14. The Morgan fingerprint density at radius 1 is 1.08 bits per heavy atom. The van der Waals surface area contributed by atoms with Crippen LogP contribution < -0.4 is 4.74 Å². The Labute approximate surface area is 225 Å². The minimum atomic E-state index is -0.982. The lowest BCUT2D eigenvalue weighted by Crippen LogP contribution is -2.65. The number of likely N-dealkylation sites (tertiary alicyclic amines) is 1. The maximum absolute atomic E-state index is 13.3. The maximum atomic E-state index is 13.3. The van der Waals surface area contributed by atoms with Crippen molar-refractivity contribution in [1.29, 1.82) is 0 Å². The van der Waals surface area contributed by atoms with Gasteiger partial charge in [0.05, 0.1) is 11.7 Å². The fraction of sp³-hybridized carbons (Fsp3) is 0.759. The Hall–Kier alpha value is -1.22. The van der Waals surface area contributed by atoms with E-state index in [1.807, 2.05) is 13.8 Å². The Morgan fingerprint density at radius 2 is 1.84 bits per heavy atom. The van der Waals surface area contributed by atoms with Crippen LogP contribution >= 0.6 is 11.8 Å². The summed E-state index contributed by atoms with van der Waals surface area (Å²) in [6.45, 7) is 15.2. The summed E-state index contributed by atoms with van der Waals surface area (Å²) < 4.78 is 25.5. The van der Waals surface area contributed by atoms with Crippen LogP contribution in [0.1, 0.15) is 82.6 Å². The number of thioether (sulfide) groups is 1. The van der Waals surface area contributed by atoms with Crippen molar-refractivity contribution in [2.24, 2.45) is 23.2 Å². The molecule has 2 saturated heterocycles. The molecular weight excluding hydrogens is 485 g/mol. The molecule has 0 spiro atoms.